The minimum atomic E-state index is -0.178. The maximum Gasteiger partial charge on any atom is 0.141 e. The van der Waals surface area contributed by atoms with Crippen LogP contribution < -0.4 is 0 Å². The summed E-state index contributed by atoms with van der Waals surface area (Å²) < 4.78 is 7.49. The Morgan fingerprint density at radius 3 is 2.17 bits per heavy atom. The van der Waals surface area contributed by atoms with Crippen molar-refractivity contribution in [3.8, 4) is 11.1 Å². The van der Waals surface area contributed by atoms with E-state index in [0.717, 1.165) is 45.0 Å². The molecule has 0 atom stereocenters. The summed E-state index contributed by atoms with van der Waals surface area (Å²) in [7, 11) is 0. The Balaban J connectivity index is 1.73. The maximum atomic E-state index is 5.37. The van der Waals surface area contributed by atoms with Crippen LogP contribution in [0.5, 0.6) is 0 Å². The van der Waals surface area contributed by atoms with Gasteiger partial charge in [0.1, 0.15) is 11.8 Å². The SMILES string of the molecule is Cc1noc(C)c1-c1ccc2ncn(C(c3ccccn3)c3ccccn3)c2c1. The lowest BCUT2D eigenvalue weighted by molar-refractivity contribution is 0.393. The molecule has 142 valence electrons. The first-order chi connectivity index (χ1) is 14.2. The van der Waals surface area contributed by atoms with E-state index in [9.17, 15) is 0 Å². The topological polar surface area (TPSA) is 69.6 Å². The molecule has 0 aliphatic heterocycles. The minimum absolute atomic E-state index is 0.178. The highest BCUT2D eigenvalue weighted by molar-refractivity contribution is 5.83. The van der Waals surface area contributed by atoms with Gasteiger partial charge in [0.15, 0.2) is 0 Å². The summed E-state index contributed by atoms with van der Waals surface area (Å²) in [6.07, 6.45) is 5.47. The number of aromatic nitrogens is 5. The maximum absolute atomic E-state index is 5.37. The predicted molar refractivity (Wildman–Crippen MR) is 110 cm³/mol. The van der Waals surface area contributed by atoms with Crippen LogP contribution in [0.25, 0.3) is 22.2 Å². The zero-order chi connectivity index (χ0) is 19.8. The van der Waals surface area contributed by atoms with E-state index in [0.29, 0.717) is 0 Å². The number of hydrogen-bond donors (Lipinski definition) is 0. The lowest BCUT2D eigenvalue weighted by Gasteiger charge is -2.19. The molecule has 4 heterocycles. The van der Waals surface area contributed by atoms with Crippen LogP contribution in [0.1, 0.15) is 28.9 Å². The molecule has 5 aromatic rings. The number of benzene rings is 1. The molecule has 0 spiro atoms. The molecule has 0 saturated heterocycles. The second-order valence-electron chi connectivity index (χ2n) is 6.97. The van der Waals surface area contributed by atoms with Crippen molar-refractivity contribution >= 4 is 11.0 Å². The predicted octanol–water partition coefficient (Wildman–Crippen LogP) is 4.74. The highest BCUT2D eigenvalue weighted by Crippen LogP contribution is 2.32. The van der Waals surface area contributed by atoms with Gasteiger partial charge in [0.2, 0.25) is 0 Å². The van der Waals surface area contributed by atoms with Gasteiger partial charge in [0.05, 0.1) is 34.4 Å². The van der Waals surface area contributed by atoms with Gasteiger partial charge in [0.25, 0.3) is 0 Å². The molecule has 6 nitrogen and oxygen atoms in total. The summed E-state index contributed by atoms with van der Waals surface area (Å²) in [5, 5.41) is 4.10. The van der Waals surface area contributed by atoms with Crippen LogP contribution in [0.4, 0.5) is 0 Å². The van der Waals surface area contributed by atoms with Gasteiger partial charge < -0.3 is 9.09 Å². The second kappa shape index (κ2) is 6.98. The van der Waals surface area contributed by atoms with Crippen LogP contribution in [0.15, 0.2) is 77.8 Å². The van der Waals surface area contributed by atoms with Gasteiger partial charge >= 0.3 is 0 Å². The van der Waals surface area contributed by atoms with Gasteiger partial charge in [-0.2, -0.15) is 0 Å². The van der Waals surface area contributed by atoms with E-state index in [1.54, 1.807) is 12.4 Å². The van der Waals surface area contributed by atoms with Crippen molar-refractivity contribution in [2.75, 3.05) is 0 Å². The molecule has 1 aromatic carbocycles. The fourth-order valence-electron chi connectivity index (χ4n) is 3.79. The Kier molecular flexibility index (Phi) is 4.17. The van der Waals surface area contributed by atoms with Crippen LogP contribution >= 0.6 is 0 Å². The largest absolute Gasteiger partial charge is 0.361 e. The number of nitrogens with zero attached hydrogens (tertiary/aromatic N) is 5. The van der Waals surface area contributed by atoms with Crippen molar-refractivity contribution in [2.24, 2.45) is 0 Å². The molecule has 4 aromatic heterocycles. The van der Waals surface area contributed by atoms with Gasteiger partial charge in [0, 0.05) is 18.0 Å². The van der Waals surface area contributed by atoms with Gasteiger partial charge in [-0.3, -0.25) is 9.97 Å². The standard InChI is InChI=1S/C23H19N5O/c1-15-22(16(2)29-27-15)17-9-10-18-21(13-17)28(14-26-18)23(19-7-3-5-11-24-19)20-8-4-6-12-25-20/h3-14,23H,1-2H3. The number of pyridine rings is 2. The van der Waals surface area contributed by atoms with Gasteiger partial charge in [-0.25, -0.2) is 4.98 Å². The van der Waals surface area contributed by atoms with Crippen molar-refractivity contribution < 1.29 is 4.52 Å². The third-order valence-electron chi connectivity index (χ3n) is 5.11. The first kappa shape index (κ1) is 17.3. The van der Waals surface area contributed by atoms with Crippen LogP contribution in [0.2, 0.25) is 0 Å². The molecule has 0 bridgehead atoms. The molecule has 0 N–H and O–H groups in total. The summed E-state index contributed by atoms with van der Waals surface area (Å²) in [5.41, 5.74) is 6.68. The average Bonchev–Trinajstić information content (AvgIpc) is 3.32. The Labute approximate surface area is 167 Å². The third-order valence-corrected chi connectivity index (χ3v) is 5.11. The molecule has 0 unspecified atom stereocenters. The number of imidazole rings is 1. The van der Waals surface area contributed by atoms with Crippen LogP contribution in [0.3, 0.4) is 0 Å². The quantitative estimate of drug-likeness (QED) is 0.450. The Morgan fingerprint density at radius 1 is 0.862 bits per heavy atom. The normalized spacial score (nSPS) is 11.4. The first-order valence-electron chi connectivity index (χ1n) is 9.44. The molecule has 0 amide bonds. The highest BCUT2D eigenvalue weighted by Gasteiger charge is 2.22. The fraction of sp³-hybridized carbons (Fsp3) is 0.130. The van der Waals surface area contributed by atoms with Crippen molar-refractivity contribution in [3.05, 3.63) is 96.2 Å². The monoisotopic (exact) mass is 381 g/mol. The Hall–Kier alpha value is -3.80. The summed E-state index contributed by atoms with van der Waals surface area (Å²) in [4.78, 5) is 13.8. The van der Waals surface area contributed by atoms with E-state index in [4.69, 9.17) is 4.52 Å². The number of rotatable bonds is 4. The Bertz CT molecular complexity index is 1220. The highest BCUT2D eigenvalue weighted by atomic mass is 16.5. The smallest absolute Gasteiger partial charge is 0.141 e. The average molecular weight is 381 g/mol. The molecule has 29 heavy (non-hydrogen) atoms. The van der Waals surface area contributed by atoms with Crippen molar-refractivity contribution in [1.29, 1.82) is 0 Å². The van der Waals surface area contributed by atoms with Crippen LogP contribution in [-0.4, -0.2) is 24.7 Å². The van der Waals surface area contributed by atoms with E-state index in [-0.39, 0.29) is 6.04 Å². The molecule has 0 fully saturated rings. The fourth-order valence-corrected chi connectivity index (χ4v) is 3.79. The van der Waals surface area contributed by atoms with Gasteiger partial charge in [-0.15, -0.1) is 0 Å². The molecule has 6 heteroatoms. The third kappa shape index (κ3) is 2.99. The van der Waals surface area contributed by atoms with E-state index in [1.165, 1.54) is 0 Å². The summed E-state index contributed by atoms with van der Waals surface area (Å²) >= 11 is 0. The number of aryl methyl sites for hydroxylation is 2. The molecule has 0 aliphatic carbocycles. The van der Waals surface area contributed by atoms with E-state index in [1.807, 2.05) is 62.6 Å². The minimum Gasteiger partial charge on any atom is -0.361 e. The molecule has 5 rings (SSSR count). The molecule has 0 aliphatic rings. The molecular formula is C23H19N5O. The van der Waals surface area contributed by atoms with Crippen molar-refractivity contribution in [2.45, 2.75) is 19.9 Å². The van der Waals surface area contributed by atoms with Gasteiger partial charge in [-0.1, -0.05) is 23.4 Å². The lowest BCUT2D eigenvalue weighted by Crippen LogP contribution is -2.14. The van der Waals surface area contributed by atoms with Crippen molar-refractivity contribution in [1.82, 2.24) is 24.7 Å². The Morgan fingerprint density at radius 2 is 1.59 bits per heavy atom. The van der Waals surface area contributed by atoms with Crippen molar-refractivity contribution in [3.63, 3.8) is 0 Å². The van der Waals surface area contributed by atoms with E-state index >= 15 is 0 Å². The number of hydrogen-bond acceptors (Lipinski definition) is 5. The molecule has 0 radical (unpaired) electrons. The first-order valence-corrected chi connectivity index (χ1v) is 9.44. The van der Waals surface area contributed by atoms with Crippen LogP contribution in [-0.2, 0) is 0 Å². The summed E-state index contributed by atoms with van der Waals surface area (Å²) in [6, 6.07) is 17.9. The van der Waals surface area contributed by atoms with Crippen LogP contribution in [0, 0.1) is 13.8 Å². The van der Waals surface area contributed by atoms with E-state index < -0.39 is 0 Å². The number of fused-ring (bicyclic) bond motifs is 1. The summed E-state index contributed by atoms with van der Waals surface area (Å²) in [5.74, 6) is 0.805. The molecular weight excluding hydrogens is 362 g/mol. The zero-order valence-corrected chi connectivity index (χ0v) is 16.1. The van der Waals surface area contributed by atoms with E-state index in [2.05, 4.69) is 36.8 Å². The zero-order valence-electron chi connectivity index (χ0n) is 16.1. The van der Waals surface area contributed by atoms with Gasteiger partial charge in [-0.05, 0) is 55.8 Å². The lowest BCUT2D eigenvalue weighted by atomic mass is 10.0. The summed E-state index contributed by atoms with van der Waals surface area (Å²) in [6.45, 7) is 3.89. The second-order valence-corrected chi connectivity index (χ2v) is 6.97. The molecule has 0 saturated carbocycles.